The molecule has 0 atom stereocenters. The summed E-state index contributed by atoms with van der Waals surface area (Å²) in [5.41, 5.74) is -0.0523. The number of methoxy groups -OCH3 is 1. The van der Waals surface area contributed by atoms with E-state index in [1.165, 1.54) is 36.6 Å². The molecule has 22 heavy (non-hydrogen) atoms. The number of benzene rings is 1. The minimum absolute atomic E-state index is 0.0523. The number of hydrogen-bond donors (Lipinski definition) is 1. The number of nitrogens with zero attached hydrogens (tertiary/aromatic N) is 2. The number of amides is 1. The van der Waals surface area contributed by atoms with Gasteiger partial charge in [0.2, 0.25) is 5.13 Å². The SMILES string of the molecule is CCCCCc1nnc(NC(=O)c2ccc(OC)cc2F)s1. The summed E-state index contributed by atoms with van der Waals surface area (Å²) < 4.78 is 18.7. The smallest absolute Gasteiger partial charge is 0.260 e. The molecule has 1 N–H and O–H groups in total. The molecule has 0 aliphatic heterocycles. The molecule has 0 aliphatic rings. The molecule has 1 amide bonds. The van der Waals surface area contributed by atoms with Crippen LogP contribution in [0.5, 0.6) is 5.75 Å². The van der Waals surface area contributed by atoms with Crippen LogP contribution in [0.25, 0.3) is 0 Å². The van der Waals surface area contributed by atoms with Gasteiger partial charge >= 0.3 is 0 Å². The van der Waals surface area contributed by atoms with E-state index >= 15 is 0 Å². The Morgan fingerprint density at radius 3 is 2.86 bits per heavy atom. The molecule has 7 heteroatoms. The Hall–Kier alpha value is -2.02. The summed E-state index contributed by atoms with van der Waals surface area (Å²) >= 11 is 1.32. The summed E-state index contributed by atoms with van der Waals surface area (Å²) in [6.45, 7) is 2.13. The number of anilines is 1. The second-order valence-electron chi connectivity index (χ2n) is 4.76. The van der Waals surface area contributed by atoms with Crippen molar-refractivity contribution in [2.45, 2.75) is 32.6 Å². The third kappa shape index (κ3) is 4.24. The van der Waals surface area contributed by atoms with Gasteiger partial charge in [-0.3, -0.25) is 10.1 Å². The molecule has 2 aromatic rings. The van der Waals surface area contributed by atoms with Crippen LogP contribution in [0.15, 0.2) is 18.2 Å². The molecule has 0 radical (unpaired) electrons. The standard InChI is InChI=1S/C15H18FN3O2S/c1-3-4-5-6-13-18-19-15(22-13)17-14(20)11-8-7-10(21-2)9-12(11)16/h7-9H,3-6H2,1-2H3,(H,17,19,20). The fourth-order valence-electron chi connectivity index (χ4n) is 1.90. The van der Waals surface area contributed by atoms with Crippen molar-refractivity contribution in [2.75, 3.05) is 12.4 Å². The normalized spacial score (nSPS) is 10.5. The second kappa shape index (κ2) is 7.84. The van der Waals surface area contributed by atoms with Crippen molar-refractivity contribution in [3.05, 3.63) is 34.6 Å². The lowest BCUT2D eigenvalue weighted by molar-refractivity contribution is 0.102. The lowest BCUT2D eigenvalue weighted by atomic mass is 10.2. The highest BCUT2D eigenvalue weighted by Crippen LogP contribution is 2.20. The molecule has 1 aromatic heterocycles. The van der Waals surface area contributed by atoms with Gasteiger partial charge in [-0.2, -0.15) is 0 Å². The number of aryl methyl sites for hydroxylation is 1. The first-order chi connectivity index (χ1) is 10.6. The molecule has 0 fully saturated rings. The summed E-state index contributed by atoms with van der Waals surface area (Å²) in [7, 11) is 1.44. The van der Waals surface area contributed by atoms with E-state index in [0.29, 0.717) is 10.9 Å². The first-order valence-electron chi connectivity index (χ1n) is 7.11. The number of carbonyl (C=O) groups is 1. The van der Waals surface area contributed by atoms with Gasteiger partial charge in [0, 0.05) is 12.5 Å². The Labute approximate surface area is 132 Å². The van der Waals surface area contributed by atoms with Crippen molar-refractivity contribution in [1.29, 1.82) is 0 Å². The molecule has 1 heterocycles. The maximum Gasteiger partial charge on any atom is 0.260 e. The Bertz CT molecular complexity index is 645. The van der Waals surface area contributed by atoms with Crippen LogP contribution in [0, 0.1) is 5.82 Å². The number of halogens is 1. The molecule has 0 bridgehead atoms. The highest BCUT2D eigenvalue weighted by Gasteiger charge is 2.15. The van der Waals surface area contributed by atoms with E-state index < -0.39 is 11.7 Å². The van der Waals surface area contributed by atoms with Crippen LogP contribution in [-0.2, 0) is 6.42 Å². The van der Waals surface area contributed by atoms with Crippen molar-refractivity contribution in [1.82, 2.24) is 10.2 Å². The number of ether oxygens (including phenoxy) is 1. The minimum atomic E-state index is -0.635. The topological polar surface area (TPSA) is 64.1 Å². The van der Waals surface area contributed by atoms with Crippen molar-refractivity contribution in [3.8, 4) is 5.75 Å². The molecule has 0 spiro atoms. The fraction of sp³-hybridized carbons (Fsp3) is 0.400. The molecular formula is C15H18FN3O2S. The van der Waals surface area contributed by atoms with Gasteiger partial charge in [0.25, 0.3) is 5.91 Å². The Kier molecular flexibility index (Phi) is 5.83. The number of hydrogen-bond acceptors (Lipinski definition) is 5. The molecule has 0 saturated heterocycles. The molecule has 0 aliphatic carbocycles. The monoisotopic (exact) mass is 323 g/mol. The van der Waals surface area contributed by atoms with Gasteiger partial charge in [-0.1, -0.05) is 31.1 Å². The van der Waals surface area contributed by atoms with Crippen LogP contribution in [-0.4, -0.2) is 23.2 Å². The van der Waals surface area contributed by atoms with Crippen molar-refractivity contribution < 1.29 is 13.9 Å². The fourth-order valence-corrected chi connectivity index (χ4v) is 2.68. The molecule has 2 rings (SSSR count). The average molecular weight is 323 g/mol. The number of carbonyl (C=O) groups excluding carboxylic acids is 1. The molecule has 118 valence electrons. The molecule has 0 unspecified atom stereocenters. The van der Waals surface area contributed by atoms with Gasteiger partial charge in [-0.05, 0) is 18.6 Å². The zero-order valence-corrected chi connectivity index (χ0v) is 13.4. The van der Waals surface area contributed by atoms with E-state index in [1.54, 1.807) is 0 Å². The minimum Gasteiger partial charge on any atom is -0.497 e. The summed E-state index contributed by atoms with van der Waals surface area (Å²) in [6, 6.07) is 4.09. The Morgan fingerprint density at radius 2 is 2.18 bits per heavy atom. The molecule has 5 nitrogen and oxygen atoms in total. The first-order valence-corrected chi connectivity index (χ1v) is 7.93. The van der Waals surface area contributed by atoms with E-state index in [0.717, 1.165) is 30.7 Å². The van der Waals surface area contributed by atoms with Crippen molar-refractivity contribution in [3.63, 3.8) is 0 Å². The predicted octanol–water partition coefficient (Wildman–Crippen LogP) is 3.67. The zero-order chi connectivity index (χ0) is 15.9. The maximum atomic E-state index is 13.8. The lowest BCUT2D eigenvalue weighted by Gasteiger charge is -2.04. The number of nitrogens with one attached hydrogen (secondary N) is 1. The summed E-state index contributed by atoms with van der Waals surface area (Å²) in [5.74, 6) is -0.816. The lowest BCUT2D eigenvalue weighted by Crippen LogP contribution is -2.13. The van der Waals surface area contributed by atoms with E-state index in [9.17, 15) is 9.18 Å². The van der Waals surface area contributed by atoms with E-state index in [4.69, 9.17) is 4.74 Å². The van der Waals surface area contributed by atoms with Gasteiger partial charge in [0.15, 0.2) is 0 Å². The van der Waals surface area contributed by atoms with Crippen LogP contribution in [0.4, 0.5) is 9.52 Å². The van der Waals surface area contributed by atoms with Gasteiger partial charge < -0.3 is 4.74 Å². The van der Waals surface area contributed by atoms with Gasteiger partial charge in [0.05, 0.1) is 12.7 Å². The van der Waals surface area contributed by atoms with Gasteiger partial charge in [-0.25, -0.2) is 4.39 Å². The summed E-state index contributed by atoms with van der Waals surface area (Å²) in [5, 5.41) is 11.8. The second-order valence-corrected chi connectivity index (χ2v) is 5.82. The molecule has 1 aromatic carbocycles. The number of aromatic nitrogens is 2. The molecule has 0 saturated carbocycles. The number of rotatable bonds is 7. The van der Waals surface area contributed by atoms with Crippen LogP contribution in [0.1, 0.15) is 41.6 Å². The molecular weight excluding hydrogens is 305 g/mol. The first kappa shape index (κ1) is 16.4. The van der Waals surface area contributed by atoms with E-state index in [1.807, 2.05) is 0 Å². The van der Waals surface area contributed by atoms with Crippen LogP contribution in [0.3, 0.4) is 0 Å². The third-order valence-electron chi connectivity index (χ3n) is 3.10. The third-order valence-corrected chi connectivity index (χ3v) is 4.00. The van der Waals surface area contributed by atoms with Gasteiger partial charge in [0.1, 0.15) is 16.6 Å². The van der Waals surface area contributed by atoms with Crippen molar-refractivity contribution >= 4 is 22.4 Å². The van der Waals surface area contributed by atoms with Gasteiger partial charge in [-0.15, -0.1) is 10.2 Å². The summed E-state index contributed by atoms with van der Waals surface area (Å²) in [4.78, 5) is 12.1. The Balaban J connectivity index is 2.00. The highest BCUT2D eigenvalue weighted by molar-refractivity contribution is 7.15. The largest absolute Gasteiger partial charge is 0.497 e. The average Bonchev–Trinajstić information content (AvgIpc) is 2.94. The zero-order valence-electron chi connectivity index (χ0n) is 12.6. The highest BCUT2D eigenvalue weighted by atomic mass is 32.1. The van der Waals surface area contributed by atoms with Crippen LogP contribution in [0.2, 0.25) is 0 Å². The van der Waals surface area contributed by atoms with Crippen molar-refractivity contribution in [2.24, 2.45) is 0 Å². The van der Waals surface area contributed by atoms with E-state index in [-0.39, 0.29) is 5.56 Å². The van der Waals surface area contributed by atoms with Crippen LogP contribution < -0.4 is 10.1 Å². The maximum absolute atomic E-state index is 13.8. The predicted molar refractivity (Wildman–Crippen MR) is 84.0 cm³/mol. The van der Waals surface area contributed by atoms with E-state index in [2.05, 4.69) is 22.4 Å². The summed E-state index contributed by atoms with van der Waals surface area (Å²) in [6.07, 6.45) is 4.17. The Morgan fingerprint density at radius 1 is 1.36 bits per heavy atom. The van der Waals surface area contributed by atoms with Crippen LogP contribution >= 0.6 is 11.3 Å². The number of unbranched alkanes of at least 4 members (excludes halogenated alkanes) is 2. The quantitative estimate of drug-likeness (QED) is 0.790.